The number of unbranched alkanes of at least 4 members (excludes halogenated alkanes) is 12. The molecule has 0 aromatic carbocycles. The van der Waals surface area contributed by atoms with Gasteiger partial charge in [0.25, 0.3) is 0 Å². The number of hydrogen-bond acceptors (Lipinski definition) is 5. The van der Waals surface area contributed by atoms with Crippen molar-refractivity contribution >= 4 is 11.9 Å². The summed E-state index contributed by atoms with van der Waals surface area (Å²) in [5.74, 6) is -0.488. The van der Waals surface area contributed by atoms with Gasteiger partial charge in [0.1, 0.15) is 6.61 Å². The minimum absolute atomic E-state index is 0.0388. The highest BCUT2D eigenvalue weighted by molar-refractivity contribution is 5.70. The molecule has 0 radical (unpaired) electrons. The van der Waals surface area contributed by atoms with Gasteiger partial charge in [-0.3, -0.25) is 9.59 Å². The first-order chi connectivity index (χ1) is 34.6. The van der Waals surface area contributed by atoms with Gasteiger partial charge in [0.2, 0.25) is 0 Å². The summed E-state index contributed by atoms with van der Waals surface area (Å²) in [6.07, 6.45) is 86.9. The SMILES string of the molecule is CC/C=C\C/C=C\C/C=C\C/C=C\C/C=C\CCCCCCOCC(COC(=O)CCCCCCCC/C=C\C/C=C\C/C=C\C/C=C\CC)OC(=O)CCCC/C=C\C/C=C\C/C=C\C/C=C\CC. The van der Waals surface area contributed by atoms with Crippen molar-refractivity contribution in [3.8, 4) is 0 Å². The summed E-state index contributed by atoms with van der Waals surface area (Å²) in [6, 6.07) is 0. The lowest BCUT2D eigenvalue weighted by Crippen LogP contribution is -2.30. The lowest BCUT2D eigenvalue weighted by molar-refractivity contribution is -0.163. The van der Waals surface area contributed by atoms with Gasteiger partial charge < -0.3 is 14.2 Å². The third kappa shape index (κ3) is 56.1. The molecule has 0 aliphatic carbocycles. The summed E-state index contributed by atoms with van der Waals surface area (Å²) >= 11 is 0. The van der Waals surface area contributed by atoms with Crippen LogP contribution in [0.15, 0.2) is 158 Å². The predicted octanol–water partition coefficient (Wildman–Crippen LogP) is 19.5. The van der Waals surface area contributed by atoms with E-state index in [0.29, 0.717) is 19.4 Å². The Morgan fingerprint density at radius 3 is 0.986 bits per heavy atom. The van der Waals surface area contributed by atoms with Crippen molar-refractivity contribution in [2.45, 2.75) is 219 Å². The molecule has 0 rings (SSSR count). The maximum atomic E-state index is 12.8. The quantitative estimate of drug-likeness (QED) is 0.0345. The Morgan fingerprint density at radius 1 is 0.314 bits per heavy atom. The smallest absolute Gasteiger partial charge is 0.306 e. The molecule has 0 aromatic heterocycles. The highest BCUT2D eigenvalue weighted by atomic mass is 16.6. The van der Waals surface area contributed by atoms with Crippen molar-refractivity contribution in [1.82, 2.24) is 0 Å². The number of hydrogen-bond donors (Lipinski definition) is 0. The van der Waals surface area contributed by atoms with E-state index in [0.717, 1.165) is 161 Å². The summed E-state index contributed by atoms with van der Waals surface area (Å²) in [7, 11) is 0. The van der Waals surface area contributed by atoms with Gasteiger partial charge >= 0.3 is 11.9 Å². The topological polar surface area (TPSA) is 61.8 Å². The van der Waals surface area contributed by atoms with Gasteiger partial charge in [-0.05, 0) is 141 Å². The van der Waals surface area contributed by atoms with Crippen molar-refractivity contribution in [2.24, 2.45) is 0 Å². The third-order valence-electron chi connectivity index (χ3n) is 11.0. The van der Waals surface area contributed by atoms with Gasteiger partial charge in [-0.2, -0.15) is 0 Å². The summed E-state index contributed by atoms with van der Waals surface area (Å²) in [4.78, 5) is 25.5. The summed E-state index contributed by atoms with van der Waals surface area (Å²) < 4.78 is 17.4. The highest BCUT2D eigenvalue weighted by Gasteiger charge is 2.17. The fourth-order valence-corrected chi connectivity index (χ4v) is 6.99. The number of carbonyl (C=O) groups excluding carboxylic acids is 2. The molecule has 5 heteroatoms. The second-order valence-corrected chi connectivity index (χ2v) is 17.7. The Balaban J connectivity index is 4.45. The van der Waals surface area contributed by atoms with Gasteiger partial charge in [-0.15, -0.1) is 0 Å². The maximum Gasteiger partial charge on any atom is 0.306 e. The minimum atomic E-state index is -0.591. The largest absolute Gasteiger partial charge is 0.462 e. The van der Waals surface area contributed by atoms with Crippen molar-refractivity contribution in [1.29, 1.82) is 0 Å². The molecule has 0 aromatic rings. The molecule has 0 amide bonds. The van der Waals surface area contributed by atoms with E-state index in [1.54, 1.807) is 0 Å². The number of rotatable bonds is 49. The van der Waals surface area contributed by atoms with E-state index < -0.39 is 6.10 Å². The Hall–Kier alpha value is -4.48. The van der Waals surface area contributed by atoms with Crippen LogP contribution in [0.1, 0.15) is 213 Å². The second-order valence-electron chi connectivity index (χ2n) is 17.7. The van der Waals surface area contributed by atoms with E-state index in [9.17, 15) is 9.59 Å². The van der Waals surface area contributed by atoms with E-state index in [1.165, 1.54) is 19.3 Å². The summed E-state index contributed by atoms with van der Waals surface area (Å²) in [5, 5.41) is 0. The van der Waals surface area contributed by atoms with Crippen LogP contribution in [0.5, 0.6) is 0 Å². The average Bonchev–Trinajstić information content (AvgIpc) is 3.36. The Bertz CT molecular complexity index is 1560. The van der Waals surface area contributed by atoms with Crippen LogP contribution in [0.4, 0.5) is 0 Å². The Morgan fingerprint density at radius 2 is 0.600 bits per heavy atom. The van der Waals surface area contributed by atoms with Crippen LogP contribution < -0.4 is 0 Å². The number of esters is 2. The molecule has 1 unspecified atom stereocenters. The maximum absolute atomic E-state index is 12.8. The van der Waals surface area contributed by atoms with Crippen LogP contribution in [0.2, 0.25) is 0 Å². The normalized spacial score (nSPS) is 13.5. The Kier molecular flexibility index (Phi) is 55.1. The predicted molar refractivity (Wildman–Crippen MR) is 306 cm³/mol. The van der Waals surface area contributed by atoms with Crippen LogP contribution in [-0.4, -0.2) is 37.9 Å². The molecule has 0 saturated carbocycles. The van der Waals surface area contributed by atoms with Crippen LogP contribution in [-0.2, 0) is 23.8 Å². The number of ether oxygens (including phenoxy) is 3. The summed E-state index contributed by atoms with van der Waals surface area (Å²) in [5.41, 5.74) is 0. The van der Waals surface area contributed by atoms with Crippen molar-refractivity contribution in [3.63, 3.8) is 0 Å². The fraction of sp³-hybridized carbons (Fsp3) is 0.569. The zero-order valence-corrected chi connectivity index (χ0v) is 45.0. The van der Waals surface area contributed by atoms with E-state index in [4.69, 9.17) is 14.2 Å². The first kappa shape index (κ1) is 65.5. The van der Waals surface area contributed by atoms with Gasteiger partial charge in [0.15, 0.2) is 6.10 Å². The van der Waals surface area contributed by atoms with Crippen molar-refractivity contribution in [3.05, 3.63) is 158 Å². The molecule has 0 saturated heterocycles. The van der Waals surface area contributed by atoms with E-state index in [1.807, 2.05) is 0 Å². The van der Waals surface area contributed by atoms with E-state index in [-0.39, 0.29) is 25.2 Å². The van der Waals surface area contributed by atoms with E-state index in [2.05, 4.69) is 179 Å². The zero-order valence-electron chi connectivity index (χ0n) is 45.0. The Labute approximate surface area is 431 Å². The molecule has 0 N–H and O–H groups in total. The average molecular weight is 964 g/mol. The van der Waals surface area contributed by atoms with Gasteiger partial charge in [0.05, 0.1) is 6.61 Å². The van der Waals surface area contributed by atoms with Crippen molar-refractivity contribution in [2.75, 3.05) is 19.8 Å². The lowest BCUT2D eigenvalue weighted by Gasteiger charge is -2.18. The van der Waals surface area contributed by atoms with Crippen LogP contribution in [0, 0.1) is 0 Å². The van der Waals surface area contributed by atoms with Crippen molar-refractivity contribution < 1.29 is 23.8 Å². The molecule has 0 spiro atoms. The van der Waals surface area contributed by atoms with Crippen LogP contribution in [0.25, 0.3) is 0 Å². The number of carbonyl (C=O) groups is 2. The van der Waals surface area contributed by atoms with E-state index >= 15 is 0 Å². The van der Waals surface area contributed by atoms with Gasteiger partial charge in [0, 0.05) is 19.4 Å². The van der Waals surface area contributed by atoms with Crippen LogP contribution >= 0.6 is 0 Å². The standard InChI is InChI=1S/C65H102O5/c1-4-7-10-13-16-19-22-25-28-30-32-34-36-39-42-45-48-51-54-57-60-68-61-63(70-65(67)59-56-53-50-47-44-41-37-27-24-21-18-15-12-9-6-3)62-69-64(66)58-55-52-49-46-43-40-38-35-33-31-29-26-23-20-17-14-11-8-5-2/h7-12,16-21,25-29,32-35,37,39,42,44,47,63H,4-6,13-15,22-24,30-31,36,38,40-41,43,45-46,48-62H2,1-3H3/b10-7-,11-8-,12-9-,19-16-,20-17-,21-18-,28-25-,29-26-,34-32-,35-33-,37-27-,42-39-,47-44-. The molecule has 0 bridgehead atoms. The highest BCUT2D eigenvalue weighted by Crippen LogP contribution is 2.12. The lowest BCUT2D eigenvalue weighted by atomic mass is 10.1. The molecule has 0 fully saturated rings. The first-order valence-corrected chi connectivity index (χ1v) is 28.0. The number of allylic oxidation sites excluding steroid dienone is 26. The zero-order chi connectivity index (χ0) is 50.6. The molecule has 70 heavy (non-hydrogen) atoms. The fourth-order valence-electron chi connectivity index (χ4n) is 6.99. The molecule has 1 atom stereocenters. The monoisotopic (exact) mass is 963 g/mol. The molecule has 5 nitrogen and oxygen atoms in total. The van der Waals surface area contributed by atoms with Crippen LogP contribution in [0.3, 0.4) is 0 Å². The molecule has 0 aliphatic heterocycles. The molecule has 0 heterocycles. The van der Waals surface area contributed by atoms with Gasteiger partial charge in [-0.1, -0.05) is 217 Å². The first-order valence-electron chi connectivity index (χ1n) is 28.0. The second kappa shape index (κ2) is 58.8. The van der Waals surface area contributed by atoms with Gasteiger partial charge in [-0.25, -0.2) is 0 Å². The minimum Gasteiger partial charge on any atom is -0.462 e. The molecule has 392 valence electrons. The molecular weight excluding hydrogens is 861 g/mol. The summed E-state index contributed by atoms with van der Waals surface area (Å²) in [6.45, 7) is 7.35. The molecule has 0 aliphatic rings. The molecular formula is C65H102O5. The third-order valence-corrected chi connectivity index (χ3v) is 11.0.